The number of ether oxygens (including phenoxy) is 2. The van der Waals surface area contributed by atoms with Gasteiger partial charge in [-0.25, -0.2) is 0 Å². The minimum atomic E-state index is -0.229. The fraction of sp³-hybridized carbons (Fsp3) is 0.0714. The van der Waals surface area contributed by atoms with Crippen LogP contribution in [0.15, 0.2) is 30.3 Å². The molecule has 7 heteroatoms. The third-order valence-electron chi connectivity index (χ3n) is 2.86. The van der Waals surface area contributed by atoms with Crippen molar-refractivity contribution >= 4 is 40.5 Å². The van der Waals surface area contributed by atoms with Crippen molar-refractivity contribution in [2.75, 3.05) is 17.7 Å². The SMILES string of the molecule is Nc1cc2c(cc1Oc1ccc(Cl)c(Cl)c1)NC(=O)CO2. The van der Waals surface area contributed by atoms with Gasteiger partial charge in [-0.15, -0.1) is 0 Å². The molecule has 0 saturated carbocycles. The van der Waals surface area contributed by atoms with Gasteiger partial charge in [-0.05, 0) is 12.1 Å². The molecule has 0 saturated heterocycles. The number of hydrogen-bond donors (Lipinski definition) is 2. The highest BCUT2D eigenvalue weighted by Crippen LogP contribution is 2.39. The van der Waals surface area contributed by atoms with E-state index in [0.717, 1.165) is 0 Å². The number of rotatable bonds is 2. The van der Waals surface area contributed by atoms with E-state index in [9.17, 15) is 4.79 Å². The first-order valence-electron chi connectivity index (χ1n) is 6.02. The van der Waals surface area contributed by atoms with Crippen LogP contribution in [-0.4, -0.2) is 12.5 Å². The fourth-order valence-corrected chi connectivity index (χ4v) is 2.17. The number of carbonyl (C=O) groups is 1. The number of hydrogen-bond acceptors (Lipinski definition) is 4. The normalized spacial score (nSPS) is 13.1. The minimum Gasteiger partial charge on any atom is -0.481 e. The molecular formula is C14H10Cl2N2O3. The smallest absolute Gasteiger partial charge is 0.262 e. The molecule has 108 valence electrons. The van der Waals surface area contributed by atoms with Crippen molar-refractivity contribution in [3.8, 4) is 17.2 Å². The lowest BCUT2D eigenvalue weighted by atomic mass is 10.2. The maximum atomic E-state index is 11.3. The van der Waals surface area contributed by atoms with Gasteiger partial charge in [-0.1, -0.05) is 23.2 Å². The first kappa shape index (κ1) is 13.9. The van der Waals surface area contributed by atoms with Crippen molar-refractivity contribution < 1.29 is 14.3 Å². The summed E-state index contributed by atoms with van der Waals surface area (Å²) in [6.45, 7) is -0.0283. The van der Waals surface area contributed by atoms with E-state index in [1.54, 1.807) is 30.3 Å². The lowest BCUT2D eigenvalue weighted by molar-refractivity contribution is -0.118. The van der Waals surface area contributed by atoms with Gasteiger partial charge in [0.1, 0.15) is 11.5 Å². The summed E-state index contributed by atoms with van der Waals surface area (Å²) in [6, 6.07) is 8.07. The predicted molar refractivity (Wildman–Crippen MR) is 81.5 cm³/mol. The quantitative estimate of drug-likeness (QED) is 0.826. The Morgan fingerprint density at radius 3 is 2.76 bits per heavy atom. The predicted octanol–water partition coefficient (Wildman–Crippen LogP) is 3.70. The maximum absolute atomic E-state index is 11.3. The molecule has 0 spiro atoms. The van der Waals surface area contributed by atoms with Crippen LogP contribution in [-0.2, 0) is 4.79 Å². The summed E-state index contributed by atoms with van der Waals surface area (Å²) in [4.78, 5) is 11.3. The van der Waals surface area contributed by atoms with Gasteiger partial charge >= 0.3 is 0 Å². The van der Waals surface area contributed by atoms with E-state index in [-0.39, 0.29) is 12.5 Å². The van der Waals surface area contributed by atoms with Crippen molar-refractivity contribution in [2.24, 2.45) is 0 Å². The van der Waals surface area contributed by atoms with Gasteiger partial charge in [0.15, 0.2) is 12.4 Å². The molecule has 1 amide bonds. The number of fused-ring (bicyclic) bond motifs is 1. The highest BCUT2D eigenvalue weighted by atomic mass is 35.5. The Balaban J connectivity index is 1.93. The molecule has 0 aliphatic carbocycles. The summed E-state index contributed by atoms with van der Waals surface area (Å²) in [5, 5.41) is 3.50. The number of nitrogen functional groups attached to an aromatic ring is 1. The molecule has 0 fully saturated rings. The monoisotopic (exact) mass is 324 g/mol. The van der Waals surface area contributed by atoms with Crippen LogP contribution in [0.25, 0.3) is 0 Å². The zero-order valence-corrected chi connectivity index (χ0v) is 12.2. The molecule has 1 aliphatic rings. The van der Waals surface area contributed by atoms with Crippen molar-refractivity contribution in [2.45, 2.75) is 0 Å². The number of halogens is 2. The van der Waals surface area contributed by atoms with E-state index >= 15 is 0 Å². The lowest BCUT2D eigenvalue weighted by Crippen LogP contribution is -2.25. The third-order valence-corrected chi connectivity index (χ3v) is 3.60. The number of amides is 1. The molecule has 5 nitrogen and oxygen atoms in total. The average molecular weight is 325 g/mol. The van der Waals surface area contributed by atoms with Crippen molar-refractivity contribution in [3.63, 3.8) is 0 Å². The first-order valence-corrected chi connectivity index (χ1v) is 6.77. The van der Waals surface area contributed by atoms with Gasteiger partial charge < -0.3 is 20.5 Å². The number of benzene rings is 2. The Hall–Kier alpha value is -2.11. The van der Waals surface area contributed by atoms with Crippen LogP contribution in [0.3, 0.4) is 0 Å². The van der Waals surface area contributed by atoms with E-state index in [2.05, 4.69) is 5.32 Å². The number of carbonyl (C=O) groups excluding carboxylic acids is 1. The fourth-order valence-electron chi connectivity index (χ4n) is 1.88. The van der Waals surface area contributed by atoms with Gasteiger partial charge in [0.2, 0.25) is 0 Å². The van der Waals surface area contributed by atoms with Crippen LogP contribution in [0.2, 0.25) is 10.0 Å². The van der Waals surface area contributed by atoms with Crippen molar-refractivity contribution in [3.05, 3.63) is 40.4 Å². The lowest BCUT2D eigenvalue weighted by Gasteiger charge is -2.20. The average Bonchev–Trinajstić information content (AvgIpc) is 2.44. The summed E-state index contributed by atoms with van der Waals surface area (Å²) < 4.78 is 10.9. The van der Waals surface area contributed by atoms with Crippen molar-refractivity contribution in [1.82, 2.24) is 0 Å². The molecule has 1 heterocycles. The van der Waals surface area contributed by atoms with Crippen LogP contribution in [0.1, 0.15) is 0 Å². The molecule has 2 aromatic rings. The zero-order chi connectivity index (χ0) is 15.0. The van der Waals surface area contributed by atoms with E-state index in [1.165, 1.54) is 0 Å². The molecule has 2 aromatic carbocycles. The van der Waals surface area contributed by atoms with Crippen LogP contribution in [0, 0.1) is 0 Å². The molecule has 0 aromatic heterocycles. The number of nitrogens with one attached hydrogen (secondary N) is 1. The van der Waals surface area contributed by atoms with Crippen LogP contribution in [0.4, 0.5) is 11.4 Å². The van der Waals surface area contributed by atoms with E-state index in [4.69, 9.17) is 38.4 Å². The second kappa shape index (κ2) is 5.35. The molecule has 0 radical (unpaired) electrons. The minimum absolute atomic E-state index is 0.0283. The molecule has 21 heavy (non-hydrogen) atoms. The molecule has 0 atom stereocenters. The summed E-state index contributed by atoms with van der Waals surface area (Å²) in [5.74, 6) is 1.15. The highest BCUT2D eigenvalue weighted by molar-refractivity contribution is 6.42. The summed E-state index contributed by atoms with van der Waals surface area (Å²) >= 11 is 11.8. The van der Waals surface area contributed by atoms with Crippen molar-refractivity contribution in [1.29, 1.82) is 0 Å². The van der Waals surface area contributed by atoms with Gasteiger partial charge in [0.05, 0.1) is 21.4 Å². The van der Waals surface area contributed by atoms with Gasteiger partial charge in [-0.2, -0.15) is 0 Å². The van der Waals surface area contributed by atoms with Gasteiger partial charge in [0, 0.05) is 18.2 Å². The summed E-state index contributed by atoms with van der Waals surface area (Å²) in [5.41, 5.74) is 6.81. The van der Waals surface area contributed by atoms with Gasteiger partial charge in [0.25, 0.3) is 5.91 Å². The second-order valence-electron chi connectivity index (χ2n) is 4.40. The van der Waals surface area contributed by atoms with Crippen LogP contribution in [0.5, 0.6) is 17.2 Å². The summed E-state index contributed by atoms with van der Waals surface area (Å²) in [6.07, 6.45) is 0. The van der Waals surface area contributed by atoms with Crippen LogP contribution >= 0.6 is 23.2 Å². The molecule has 1 aliphatic heterocycles. The Bertz CT molecular complexity index is 734. The first-order chi connectivity index (χ1) is 10.0. The van der Waals surface area contributed by atoms with Gasteiger partial charge in [-0.3, -0.25) is 4.79 Å². The Morgan fingerprint density at radius 2 is 2.00 bits per heavy atom. The number of anilines is 2. The largest absolute Gasteiger partial charge is 0.481 e. The Kier molecular flexibility index (Phi) is 3.53. The zero-order valence-electron chi connectivity index (χ0n) is 10.7. The molecule has 0 bridgehead atoms. The highest BCUT2D eigenvalue weighted by Gasteiger charge is 2.18. The second-order valence-corrected chi connectivity index (χ2v) is 5.22. The Morgan fingerprint density at radius 1 is 1.19 bits per heavy atom. The standard InChI is InChI=1S/C14H10Cl2N2O3/c15-8-2-1-7(3-9(8)16)21-12-5-11-13(4-10(12)17)20-6-14(19)18-11/h1-5H,6,17H2,(H,18,19). The topological polar surface area (TPSA) is 73.6 Å². The third kappa shape index (κ3) is 2.84. The summed E-state index contributed by atoms with van der Waals surface area (Å²) in [7, 11) is 0. The molecular weight excluding hydrogens is 315 g/mol. The van der Waals surface area contributed by atoms with E-state index in [1.807, 2.05) is 0 Å². The number of nitrogens with two attached hydrogens (primary N) is 1. The molecule has 3 rings (SSSR count). The Labute approximate surface area is 130 Å². The molecule has 3 N–H and O–H groups in total. The molecule has 0 unspecified atom stereocenters. The van der Waals surface area contributed by atoms with E-state index in [0.29, 0.717) is 38.7 Å². The van der Waals surface area contributed by atoms with E-state index < -0.39 is 0 Å². The van der Waals surface area contributed by atoms with Crippen LogP contribution < -0.4 is 20.5 Å². The maximum Gasteiger partial charge on any atom is 0.262 e.